The maximum Gasteiger partial charge on any atom is 0.407 e. The summed E-state index contributed by atoms with van der Waals surface area (Å²) in [6.45, 7) is 1.55. The highest BCUT2D eigenvalue weighted by Gasteiger charge is 2.37. The molecule has 4 aromatic carbocycles. The number of amides is 2. The number of carbonyl (C=O) groups excluding carboxylic acids is 1. The molecule has 2 amide bonds. The predicted octanol–water partition coefficient (Wildman–Crippen LogP) is 7.07. The Labute approximate surface area is 285 Å². The molecule has 8 nitrogen and oxygen atoms in total. The van der Waals surface area contributed by atoms with E-state index in [1.165, 1.54) is 11.9 Å². The van der Waals surface area contributed by atoms with Gasteiger partial charge in [0.1, 0.15) is 6.04 Å². The van der Waals surface area contributed by atoms with Crippen LogP contribution in [0.1, 0.15) is 29.0 Å². The Morgan fingerprint density at radius 1 is 0.896 bits per heavy atom. The summed E-state index contributed by atoms with van der Waals surface area (Å²) < 4.78 is 6.53. The van der Waals surface area contributed by atoms with Crippen molar-refractivity contribution in [2.45, 2.75) is 41.9 Å². The van der Waals surface area contributed by atoms with E-state index in [0.29, 0.717) is 12.1 Å². The highest BCUT2D eigenvalue weighted by molar-refractivity contribution is 7.99. The second-order valence-electron chi connectivity index (χ2n) is 12.0. The van der Waals surface area contributed by atoms with Gasteiger partial charge in [0, 0.05) is 54.0 Å². The van der Waals surface area contributed by atoms with E-state index in [9.17, 15) is 14.7 Å². The first-order chi connectivity index (χ1) is 23.5. The lowest BCUT2D eigenvalue weighted by Gasteiger charge is -2.33. The quantitative estimate of drug-likeness (QED) is 0.123. The first kappa shape index (κ1) is 33.2. The maximum absolute atomic E-state index is 14.2. The molecular weight excluding hydrogens is 621 g/mol. The van der Waals surface area contributed by atoms with Gasteiger partial charge in [-0.15, -0.1) is 11.8 Å². The summed E-state index contributed by atoms with van der Waals surface area (Å²) in [5, 5.41) is 17.9. The topological polar surface area (TPSA) is 104 Å². The van der Waals surface area contributed by atoms with Gasteiger partial charge in [0.25, 0.3) is 0 Å². The van der Waals surface area contributed by atoms with Crippen molar-refractivity contribution in [2.75, 3.05) is 31.2 Å². The number of rotatable bonds is 12. The molecule has 48 heavy (non-hydrogen) atoms. The van der Waals surface area contributed by atoms with Crippen molar-refractivity contribution in [1.82, 2.24) is 15.2 Å². The third-order valence-electron chi connectivity index (χ3n) is 8.79. The van der Waals surface area contributed by atoms with Crippen molar-refractivity contribution in [3.8, 4) is 0 Å². The maximum atomic E-state index is 14.2. The monoisotopic (exact) mass is 660 g/mol. The number of nitrogens with zero attached hydrogens (tertiary/aromatic N) is 2. The number of para-hydroxylation sites is 1. The molecule has 0 aliphatic carbocycles. The number of hydrogen-bond acceptors (Lipinski definition) is 6. The Balaban J connectivity index is 1.14. The minimum Gasteiger partial charge on any atom is -0.465 e. The summed E-state index contributed by atoms with van der Waals surface area (Å²) in [5.74, 6) is -0.0733. The van der Waals surface area contributed by atoms with Gasteiger partial charge in [-0.05, 0) is 53.8 Å². The van der Waals surface area contributed by atoms with Gasteiger partial charge < -0.3 is 20.5 Å². The fourth-order valence-electron chi connectivity index (χ4n) is 6.36. The third kappa shape index (κ3) is 8.05. The van der Waals surface area contributed by atoms with Gasteiger partial charge in [-0.1, -0.05) is 91.0 Å². The number of nitrogens with one attached hydrogen (secondary N) is 2. The molecule has 1 aliphatic rings. The molecule has 1 saturated heterocycles. The summed E-state index contributed by atoms with van der Waals surface area (Å²) >= 11 is 1.79. The van der Waals surface area contributed by atoms with E-state index < -0.39 is 18.1 Å². The van der Waals surface area contributed by atoms with E-state index in [0.717, 1.165) is 57.8 Å². The first-order valence-electron chi connectivity index (χ1n) is 16.2. The minimum atomic E-state index is -1.17. The number of pyridine rings is 1. The largest absolute Gasteiger partial charge is 0.465 e. The average molecular weight is 661 g/mol. The van der Waals surface area contributed by atoms with Crippen LogP contribution in [-0.4, -0.2) is 71.1 Å². The molecule has 0 saturated carbocycles. The SMILES string of the molecule is CN(C(=O)O)[C@H](C(=O)Nc1ccccc1CC[C@@H]1CNC[C@@H](CSc2cccc3ncccc23)O1)C(c1ccccc1)c1ccccc1. The minimum absolute atomic E-state index is 0.0220. The summed E-state index contributed by atoms with van der Waals surface area (Å²) in [5.41, 5.74) is 4.35. The number of hydrogen-bond donors (Lipinski definition) is 3. The molecule has 0 unspecified atom stereocenters. The molecule has 6 rings (SSSR count). The van der Waals surface area contributed by atoms with Crippen LogP contribution in [0.15, 0.2) is 126 Å². The molecule has 3 N–H and O–H groups in total. The van der Waals surface area contributed by atoms with Crippen LogP contribution in [0.4, 0.5) is 10.5 Å². The molecule has 0 radical (unpaired) electrons. The molecular formula is C39H40N4O4S. The fraction of sp³-hybridized carbons (Fsp3) is 0.256. The lowest BCUT2D eigenvalue weighted by atomic mass is 9.84. The number of benzene rings is 4. The number of anilines is 1. The number of carbonyl (C=O) groups is 2. The van der Waals surface area contributed by atoms with Crippen molar-refractivity contribution in [1.29, 1.82) is 0 Å². The zero-order valence-corrected chi connectivity index (χ0v) is 27.7. The fourth-order valence-corrected chi connectivity index (χ4v) is 7.42. The van der Waals surface area contributed by atoms with Crippen LogP contribution in [0.5, 0.6) is 0 Å². The number of ether oxygens (including phenoxy) is 1. The number of morpholine rings is 1. The van der Waals surface area contributed by atoms with Crippen molar-refractivity contribution < 1.29 is 19.4 Å². The van der Waals surface area contributed by atoms with Gasteiger partial charge >= 0.3 is 6.09 Å². The second kappa shape index (κ2) is 15.9. The molecule has 0 spiro atoms. The van der Waals surface area contributed by atoms with Crippen molar-refractivity contribution in [3.05, 3.63) is 138 Å². The number of carboxylic acid groups (broad SMARTS) is 1. The van der Waals surface area contributed by atoms with Gasteiger partial charge in [0.05, 0.1) is 17.7 Å². The van der Waals surface area contributed by atoms with Crippen LogP contribution < -0.4 is 10.6 Å². The molecule has 2 heterocycles. The van der Waals surface area contributed by atoms with Crippen LogP contribution in [0.2, 0.25) is 0 Å². The van der Waals surface area contributed by atoms with Gasteiger partial charge in [0.2, 0.25) is 5.91 Å². The standard InChI is InChI=1S/C39H40N4O4S/c1-43(39(45)46)37(36(28-13-4-2-5-14-28)29-15-6-3-7-16-29)38(44)42-33-18-9-8-12-27(33)21-22-30-24-40-25-31(47-30)26-48-35-20-10-19-34-32(35)17-11-23-41-34/h2-20,23,30-31,36-37,40H,21-22,24-26H2,1H3,(H,42,44)(H,45,46)/t30-,31+,37+/m1/s1. The van der Waals surface area contributed by atoms with E-state index >= 15 is 0 Å². The molecule has 246 valence electrons. The number of fused-ring (bicyclic) bond motifs is 1. The van der Waals surface area contributed by atoms with E-state index in [1.54, 1.807) is 11.8 Å². The number of aryl methyl sites for hydroxylation is 1. The second-order valence-corrected chi connectivity index (χ2v) is 13.1. The number of aromatic nitrogens is 1. The normalized spacial score (nSPS) is 16.8. The highest BCUT2D eigenvalue weighted by Crippen LogP contribution is 2.33. The van der Waals surface area contributed by atoms with Crippen molar-refractivity contribution in [3.63, 3.8) is 0 Å². The van der Waals surface area contributed by atoms with Crippen LogP contribution in [0.25, 0.3) is 10.9 Å². The van der Waals surface area contributed by atoms with Crippen LogP contribution in [-0.2, 0) is 16.0 Å². The number of thioether (sulfide) groups is 1. The van der Waals surface area contributed by atoms with E-state index in [2.05, 4.69) is 27.8 Å². The molecule has 9 heteroatoms. The lowest BCUT2D eigenvalue weighted by Crippen LogP contribution is -2.48. The molecule has 1 aliphatic heterocycles. The number of likely N-dealkylation sites (N-methyl/N-ethyl adjacent to an activating group) is 1. The molecule has 5 aromatic rings. The van der Waals surface area contributed by atoms with Crippen LogP contribution >= 0.6 is 11.8 Å². The first-order valence-corrected chi connectivity index (χ1v) is 17.2. The molecule has 1 aromatic heterocycles. The average Bonchev–Trinajstić information content (AvgIpc) is 3.13. The van der Waals surface area contributed by atoms with E-state index in [1.807, 2.05) is 109 Å². The Bertz CT molecular complexity index is 1780. The Morgan fingerprint density at radius 3 is 2.31 bits per heavy atom. The summed E-state index contributed by atoms with van der Waals surface area (Å²) in [6.07, 6.45) is 2.20. The van der Waals surface area contributed by atoms with Crippen molar-refractivity contribution in [2.24, 2.45) is 0 Å². The zero-order valence-electron chi connectivity index (χ0n) is 26.9. The van der Waals surface area contributed by atoms with Crippen LogP contribution in [0, 0.1) is 0 Å². The zero-order chi connectivity index (χ0) is 33.3. The molecule has 1 fully saturated rings. The summed E-state index contributed by atoms with van der Waals surface area (Å²) in [7, 11) is 1.46. The molecule has 3 atom stereocenters. The Hall–Kier alpha value is -4.70. The third-order valence-corrected chi connectivity index (χ3v) is 10.00. The Kier molecular flexibility index (Phi) is 11.0. The highest BCUT2D eigenvalue weighted by atomic mass is 32.2. The van der Waals surface area contributed by atoms with E-state index in [4.69, 9.17) is 4.74 Å². The smallest absolute Gasteiger partial charge is 0.407 e. The Morgan fingerprint density at radius 2 is 1.58 bits per heavy atom. The van der Waals surface area contributed by atoms with Gasteiger partial charge in [-0.2, -0.15) is 0 Å². The van der Waals surface area contributed by atoms with Gasteiger partial charge in [-0.3, -0.25) is 14.7 Å². The lowest BCUT2D eigenvalue weighted by molar-refractivity contribution is -0.120. The summed E-state index contributed by atoms with van der Waals surface area (Å²) in [4.78, 5) is 33.3. The van der Waals surface area contributed by atoms with Gasteiger partial charge in [0.15, 0.2) is 0 Å². The van der Waals surface area contributed by atoms with Crippen LogP contribution in [0.3, 0.4) is 0 Å². The summed E-state index contributed by atoms with van der Waals surface area (Å²) in [6, 6.07) is 36.2. The van der Waals surface area contributed by atoms with E-state index in [-0.39, 0.29) is 18.1 Å². The van der Waals surface area contributed by atoms with Gasteiger partial charge in [-0.25, -0.2) is 4.79 Å². The molecule has 0 bridgehead atoms. The predicted molar refractivity (Wildman–Crippen MR) is 192 cm³/mol. The van der Waals surface area contributed by atoms with Crippen molar-refractivity contribution >= 4 is 40.4 Å².